The lowest BCUT2D eigenvalue weighted by Crippen LogP contribution is -2.46. The maximum Gasteiger partial charge on any atom is 0.191 e. The van der Waals surface area contributed by atoms with Crippen molar-refractivity contribution in [1.29, 1.82) is 0 Å². The number of nitrogens with zero attached hydrogens (tertiary/aromatic N) is 2. The Balaban J connectivity index is 0.00000225. The van der Waals surface area contributed by atoms with Crippen molar-refractivity contribution in [2.75, 3.05) is 33.4 Å². The number of likely N-dealkylation sites (tertiary alicyclic amines) is 1. The van der Waals surface area contributed by atoms with E-state index in [1.54, 1.807) is 0 Å². The van der Waals surface area contributed by atoms with Gasteiger partial charge in [-0.2, -0.15) is 0 Å². The average Bonchev–Trinajstić information content (AvgIpc) is 3.46. The molecule has 1 aliphatic carbocycles. The van der Waals surface area contributed by atoms with Gasteiger partial charge in [0.2, 0.25) is 0 Å². The Morgan fingerprint density at radius 3 is 2.79 bits per heavy atom. The number of rotatable bonds is 4. The van der Waals surface area contributed by atoms with Gasteiger partial charge in [-0.25, -0.2) is 0 Å². The van der Waals surface area contributed by atoms with Crippen LogP contribution < -0.4 is 20.1 Å². The molecule has 0 aromatic heterocycles. The molecule has 4 rings (SSSR count). The van der Waals surface area contributed by atoms with Gasteiger partial charge in [-0.05, 0) is 36.5 Å². The van der Waals surface area contributed by atoms with Crippen LogP contribution in [0.1, 0.15) is 31.7 Å². The second-order valence-electron chi connectivity index (χ2n) is 7.79. The highest BCUT2D eigenvalue weighted by Gasteiger charge is 2.38. The Morgan fingerprint density at radius 2 is 2.04 bits per heavy atom. The molecule has 1 aromatic rings. The summed E-state index contributed by atoms with van der Waals surface area (Å²) in [4.78, 5) is 7.01. The third-order valence-electron chi connectivity index (χ3n) is 5.57. The lowest BCUT2D eigenvalue weighted by molar-refractivity contribution is 0.297. The van der Waals surface area contributed by atoms with E-state index in [9.17, 15) is 0 Å². The zero-order valence-corrected chi connectivity index (χ0v) is 19.6. The first-order valence-electron chi connectivity index (χ1n) is 9.93. The Labute approximate surface area is 189 Å². The highest BCUT2D eigenvalue weighted by Crippen LogP contribution is 2.38. The minimum atomic E-state index is 0. The molecule has 0 radical (unpaired) electrons. The van der Waals surface area contributed by atoms with Gasteiger partial charge >= 0.3 is 0 Å². The third kappa shape index (κ3) is 5.16. The van der Waals surface area contributed by atoms with E-state index in [2.05, 4.69) is 27.4 Å². The van der Waals surface area contributed by atoms with Gasteiger partial charge in [0.25, 0.3) is 0 Å². The first-order chi connectivity index (χ1) is 13.1. The topological polar surface area (TPSA) is 58.1 Å². The first-order valence-corrected chi connectivity index (χ1v) is 10.3. The first kappa shape index (κ1) is 21.8. The van der Waals surface area contributed by atoms with Gasteiger partial charge in [-0.15, -0.1) is 24.0 Å². The molecule has 6 nitrogen and oxygen atoms in total. The van der Waals surface area contributed by atoms with Gasteiger partial charge in [-0.3, -0.25) is 9.89 Å². The maximum atomic E-state index is 6.39. The minimum absolute atomic E-state index is 0. The average molecular weight is 521 g/mol. The summed E-state index contributed by atoms with van der Waals surface area (Å²) in [6, 6.07) is 5.18. The fourth-order valence-electron chi connectivity index (χ4n) is 3.87. The summed E-state index contributed by atoms with van der Waals surface area (Å²) in [6.07, 6.45) is 3.58. The standard InChI is InChI=1S/C20H29ClN4O2.HI/c1-13-11-25(15-4-5-15)12-17(13)24-20(22-2)23-10-14-8-16(21)19-18(9-14)26-6-3-7-27-19;/h8-9,13,15,17H,3-7,10-12H2,1-2H3,(H2,22,23,24);1H. The number of hydrogen-bond acceptors (Lipinski definition) is 4. The van der Waals surface area contributed by atoms with Crippen LogP contribution in [0.2, 0.25) is 5.02 Å². The molecule has 8 heteroatoms. The maximum absolute atomic E-state index is 6.39. The summed E-state index contributed by atoms with van der Waals surface area (Å²) >= 11 is 6.39. The van der Waals surface area contributed by atoms with Crippen molar-refractivity contribution in [1.82, 2.24) is 15.5 Å². The van der Waals surface area contributed by atoms with Gasteiger partial charge < -0.3 is 20.1 Å². The Morgan fingerprint density at radius 1 is 1.25 bits per heavy atom. The number of aliphatic imine (C=N–C) groups is 1. The van der Waals surface area contributed by atoms with Crippen molar-refractivity contribution < 1.29 is 9.47 Å². The normalized spacial score (nSPS) is 25.0. The van der Waals surface area contributed by atoms with Crippen molar-refractivity contribution in [2.45, 2.75) is 44.8 Å². The summed E-state index contributed by atoms with van der Waals surface area (Å²) in [7, 11) is 1.81. The molecule has 2 unspecified atom stereocenters. The molecule has 1 saturated heterocycles. The molecule has 3 aliphatic rings. The van der Waals surface area contributed by atoms with Crippen LogP contribution in [0.25, 0.3) is 0 Å². The van der Waals surface area contributed by atoms with Crippen molar-refractivity contribution in [3.05, 3.63) is 22.7 Å². The Hall–Kier alpha value is -0.930. The van der Waals surface area contributed by atoms with Crippen molar-refractivity contribution in [3.63, 3.8) is 0 Å². The smallest absolute Gasteiger partial charge is 0.191 e. The molecule has 2 atom stereocenters. The van der Waals surface area contributed by atoms with Crippen LogP contribution in [0, 0.1) is 5.92 Å². The van der Waals surface area contributed by atoms with Crippen LogP contribution in [0.3, 0.4) is 0 Å². The zero-order valence-electron chi connectivity index (χ0n) is 16.5. The lowest BCUT2D eigenvalue weighted by atomic mass is 10.1. The molecule has 2 heterocycles. The molecule has 2 aliphatic heterocycles. The van der Waals surface area contributed by atoms with Crippen molar-refractivity contribution >= 4 is 41.5 Å². The Kier molecular flexibility index (Phi) is 7.55. The van der Waals surface area contributed by atoms with Gasteiger partial charge in [-0.1, -0.05) is 18.5 Å². The van der Waals surface area contributed by atoms with E-state index in [1.165, 1.54) is 19.4 Å². The van der Waals surface area contributed by atoms with Crippen LogP contribution in [-0.2, 0) is 6.54 Å². The van der Waals surface area contributed by atoms with Crippen LogP contribution in [0.5, 0.6) is 11.5 Å². The molecule has 1 saturated carbocycles. The number of hydrogen-bond donors (Lipinski definition) is 2. The van der Waals surface area contributed by atoms with Crippen molar-refractivity contribution in [3.8, 4) is 11.5 Å². The van der Waals surface area contributed by atoms with Crippen LogP contribution in [-0.4, -0.2) is 56.3 Å². The zero-order chi connectivity index (χ0) is 18.8. The molecule has 28 heavy (non-hydrogen) atoms. The highest BCUT2D eigenvalue weighted by atomic mass is 127. The molecule has 156 valence electrons. The van der Waals surface area contributed by atoms with Crippen LogP contribution in [0.15, 0.2) is 17.1 Å². The van der Waals surface area contributed by atoms with E-state index in [-0.39, 0.29) is 24.0 Å². The number of nitrogens with one attached hydrogen (secondary N) is 2. The third-order valence-corrected chi connectivity index (χ3v) is 5.85. The molecular weight excluding hydrogens is 491 g/mol. The molecule has 2 fully saturated rings. The van der Waals surface area contributed by atoms with E-state index in [0.29, 0.717) is 42.5 Å². The monoisotopic (exact) mass is 520 g/mol. The summed E-state index contributed by atoms with van der Waals surface area (Å²) in [5, 5.41) is 7.60. The summed E-state index contributed by atoms with van der Waals surface area (Å²) < 4.78 is 11.5. The number of ether oxygens (including phenoxy) is 2. The van der Waals surface area contributed by atoms with Gasteiger partial charge in [0.1, 0.15) is 0 Å². The highest BCUT2D eigenvalue weighted by molar-refractivity contribution is 14.0. The van der Waals surface area contributed by atoms with Gasteiger partial charge in [0.05, 0.1) is 18.2 Å². The lowest BCUT2D eigenvalue weighted by Gasteiger charge is -2.21. The summed E-state index contributed by atoms with van der Waals surface area (Å²) in [5.41, 5.74) is 1.05. The predicted molar refractivity (Wildman–Crippen MR) is 123 cm³/mol. The van der Waals surface area contributed by atoms with E-state index in [0.717, 1.165) is 36.3 Å². The van der Waals surface area contributed by atoms with E-state index in [4.69, 9.17) is 21.1 Å². The number of fused-ring (bicyclic) bond motifs is 1. The fourth-order valence-corrected chi connectivity index (χ4v) is 4.16. The van der Waals surface area contributed by atoms with Crippen LogP contribution in [0.4, 0.5) is 0 Å². The fraction of sp³-hybridized carbons (Fsp3) is 0.650. The van der Waals surface area contributed by atoms with E-state index in [1.807, 2.05) is 19.2 Å². The SMILES string of the molecule is CN=C(NCc1cc(Cl)c2c(c1)OCCCO2)NC1CN(C2CC2)CC1C.I. The molecular formula is C20H30ClIN4O2. The molecule has 2 N–H and O–H groups in total. The van der Waals surface area contributed by atoms with Gasteiger partial charge in [0, 0.05) is 45.2 Å². The van der Waals surface area contributed by atoms with Crippen molar-refractivity contribution in [2.24, 2.45) is 10.9 Å². The predicted octanol–water partition coefficient (Wildman–Crippen LogP) is 3.27. The summed E-state index contributed by atoms with van der Waals surface area (Å²) in [6.45, 7) is 6.51. The summed E-state index contributed by atoms with van der Waals surface area (Å²) in [5.74, 6) is 2.83. The Bertz CT molecular complexity index is 714. The number of guanidine groups is 1. The number of benzene rings is 1. The molecule has 1 aromatic carbocycles. The molecule has 0 bridgehead atoms. The molecule has 0 spiro atoms. The second-order valence-corrected chi connectivity index (χ2v) is 8.20. The quantitative estimate of drug-likeness (QED) is 0.363. The van der Waals surface area contributed by atoms with Gasteiger partial charge in [0.15, 0.2) is 17.5 Å². The second kappa shape index (κ2) is 9.71. The minimum Gasteiger partial charge on any atom is -0.489 e. The largest absolute Gasteiger partial charge is 0.489 e. The van der Waals surface area contributed by atoms with E-state index >= 15 is 0 Å². The van der Waals surface area contributed by atoms with Crippen LogP contribution >= 0.6 is 35.6 Å². The molecule has 0 amide bonds. The number of halogens is 2. The van der Waals surface area contributed by atoms with E-state index < -0.39 is 0 Å².